The standard InChI is InChI=1S/C13H10ClN3S/c14-11-8-15-4-3-10(11)9-17-6-5-16-13(17)12-2-1-7-18-12/h1-8H,9H2. The van der Waals surface area contributed by atoms with E-state index >= 15 is 0 Å². The highest BCUT2D eigenvalue weighted by Gasteiger charge is 2.08. The molecule has 0 bridgehead atoms. The minimum Gasteiger partial charge on any atom is -0.326 e. The average molecular weight is 276 g/mol. The third-order valence-corrected chi connectivity index (χ3v) is 3.86. The van der Waals surface area contributed by atoms with Crippen molar-refractivity contribution in [2.75, 3.05) is 0 Å². The molecule has 0 aromatic carbocycles. The van der Waals surface area contributed by atoms with Crippen LogP contribution in [-0.4, -0.2) is 14.5 Å². The van der Waals surface area contributed by atoms with Gasteiger partial charge in [0.2, 0.25) is 0 Å². The molecule has 0 radical (unpaired) electrons. The van der Waals surface area contributed by atoms with Crippen molar-refractivity contribution in [1.82, 2.24) is 14.5 Å². The van der Waals surface area contributed by atoms with Gasteiger partial charge in [0, 0.05) is 24.8 Å². The van der Waals surface area contributed by atoms with Gasteiger partial charge < -0.3 is 4.57 Å². The second-order valence-corrected chi connectivity index (χ2v) is 5.18. The monoisotopic (exact) mass is 275 g/mol. The van der Waals surface area contributed by atoms with Gasteiger partial charge in [0.15, 0.2) is 0 Å². The van der Waals surface area contributed by atoms with Crippen molar-refractivity contribution in [3.8, 4) is 10.7 Å². The smallest absolute Gasteiger partial charge is 0.150 e. The van der Waals surface area contributed by atoms with E-state index in [1.807, 2.05) is 29.9 Å². The predicted molar refractivity (Wildman–Crippen MR) is 73.9 cm³/mol. The van der Waals surface area contributed by atoms with Crippen molar-refractivity contribution in [2.45, 2.75) is 6.54 Å². The van der Waals surface area contributed by atoms with Crippen LogP contribution in [0, 0.1) is 0 Å². The third-order valence-electron chi connectivity index (χ3n) is 2.65. The highest BCUT2D eigenvalue weighted by Crippen LogP contribution is 2.24. The zero-order chi connectivity index (χ0) is 12.4. The van der Waals surface area contributed by atoms with Crippen LogP contribution in [0.3, 0.4) is 0 Å². The second-order valence-electron chi connectivity index (χ2n) is 3.82. The van der Waals surface area contributed by atoms with Crippen molar-refractivity contribution < 1.29 is 0 Å². The number of halogens is 1. The fourth-order valence-corrected chi connectivity index (χ4v) is 2.70. The molecule has 3 nitrogen and oxygen atoms in total. The first kappa shape index (κ1) is 11.4. The maximum absolute atomic E-state index is 6.12. The molecule has 3 heterocycles. The number of hydrogen-bond donors (Lipinski definition) is 0. The molecule has 18 heavy (non-hydrogen) atoms. The Kier molecular flexibility index (Phi) is 3.13. The minimum absolute atomic E-state index is 0.684. The summed E-state index contributed by atoms with van der Waals surface area (Å²) in [7, 11) is 0. The number of hydrogen-bond acceptors (Lipinski definition) is 3. The zero-order valence-corrected chi connectivity index (χ0v) is 11.0. The van der Waals surface area contributed by atoms with Crippen molar-refractivity contribution >= 4 is 22.9 Å². The van der Waals surface area contributed by atoms with Crippen LogP contribution in [0.15, 0.2) is 48.4 Å². The predicted octanol–water partition coefficient (Wildman–Crippen LogP) is 3.71. The highest BCUT2D eigenvalue weighted by atomic mass is 35.5. The lowest BCUT2D eigenvalue weighted by molar-refractivity contribution is 0.807. The van der Waals surface area contributed by atoms with Gasteiger partial charge in [-0.15, -0.1) is 11.3 Å². The van der Waals surface area contributed by atoms with E-state index in [2.05, 4.69) is 20.6 Å². The highest BCUT2D eigenvalue weighted by molar-refractivity contribution is 7.13. The van der Waals surface area contributed by atoms with E-state index in [1.54, 1.807) is 23.7 Å². The Balaban J connectivity index is 1.95. The van der Waals surface area contributed by atoms with Crippen LogP contribution in [0.2, 0.25) is 5.02 Å². The van der Waals surface area contributed by atoms with E-state index in [4.69, 9.17) is 11.6 Å². The molecule has 0 fully saturated rings. The van der Waals surface area contributed by atoms with Crippen LogP contribution in [0.25, 0.3) is 10.7 Å². The van der Waals surface area contributed by atoms with E-state index < -0.39 is 0 Å². The Morgan fingerprint density at radius 1 is 1.28 bits per heavy atom. The second kappa shape index (κ2) is 4.92. The van der Waals surface area contributed by atoms with Crippen molar-refractivity contribution in [2.24, 2.45) is 0 Å². The lowest BCUT2D eigenvalue weighted by Crippen LogP contribution is -2.01. The SMILES string of the molecule is Clc1cnccc1Cn1ccnc1-c1cccs1. The van der Waals surface area contributed by atoms with Crippen molar-refractivity contribution in [3.05, 3.63) is 59.0 Å². The van der Waals surface area contributed by atoms with Crippen LogP contribution in [0.4, 0.5) is 0 Å². The quantitative estimate of drug-likeness (QED) is 0.730. The van der Waals surface area contributed by atoms with Crippen molar-refractivity contribution in [1.29, 1.82) is 0 Å². The van der Waals surface area contributed by atoms with Gasteiger partial charge >= 0.3 is 0 Å². The van der Waals surface area contributed by atoms with Crippen LogP contribution in [0.5, 0.6) is 0 Å². The fraction of sp³-hybridized carbons (Fsp3) is 0.0769. The molecule has 0 spiro atoms. The molecule has 0 aliphatic carbocycles. The first-order valence-electron chi connectivity index (χ1n) is 5.48. The molecule has 0 atom stereocenters. The van der Waals surface area contributed by atoms with Crippen LogP contribution in [0.1, 0.15) is 5.56 Å². The largest absolute Gasteiger partial charge is 0.326 e. The van der Waals surface area contributed by atoms with Crippen LogP contribution in [-0.2, 0) is 6.54 Å². The van der Waals surface area contributed by atoms with Crippen LogP contribution < -0.4 is 0 Å². The molecule has 0 amide bonds. The van der Waals surface area contributed by atoms with Gasteiger partial charge in [0.05, 0.1) is 16.4 Å². The topological polar surface area (TPSA) is 30.7 Å². The van der Waals surface area contributed by atoms with Gasteiger partial charge in [0.1, 0.15) is 5.82 Å². The average Bonchev–Trinajstić information content (AvgIpc) is 3.02. The first-order chi connectivity index (χ1) is 8.84. The molecule has 0 unspecified atom stereocenters. The van der Waals surface area contributed by atoms with Gasteiger partial charge in [-0.3, -0.25) is 4.98 Å². The van der Waals surface area contributed by atoms with Crippen molar-refractivity contribution in [3.63, 3.8) is 0 Å². The van der Waals surface area contributed by atoms with Gasteiger partial charge in [0.25, 0.3) is 0 Å². The third kappa shape index (κ3) is 2.17. The molecule has 0 saturated carbocycles. The summed E-state index contributed by atoms with van der Waals surface area (Å²) in [4.78, 5) is 9.55. The Morgan fingerprint density at radius 3 is 3.00 bits per heavy atom. The maximum Gasteiger partial charge on any atom is 0.150 e. The summed E-state index contributed by atoms with van der Waals surface area (Å²) in [5.41, 5.74) is 1.04. The molecule has 3 rings (SSSR count). The van der Waals surface area contributed by atoms with Gasteiger partial charge in [-0.2, -0.15) is 0 Å². The lowest BCUT2D eigenvalue weighted by atomic mass is 10.2. The molecule has 90 valence electrons. The lowest BCUT2D eigenvalue weighted by Gasteiger charge is -2.07. The van der Waals surface area contributed by atoms with E-state index in [1.165, 1.54) is 0 Å². The molecule has 0 N–H and O–H groups in total. The number of imidazole rings is 1. The number of aromatic nitrogens is 3. The molecular formula is C13H10ClN3S. The van der Waals surface area contributed by atoms with E-state index in [-0.39, 0.29) is 0 Å². The van der Waals surface area contributed by atoms with Crippen LogP contribution >= 0.6 is 22.9 Å². The molecule has 0 aliphatic rings. The summed E-state index contributed by atoms with van der Waals surface area (Å²) in [5, 5.41) is 2.73. The summed E-state index contributed by atoms with van der Waals surface area (Å²) in [6.07, 6.45) is 7.19. The Morgan fingerprint density at radius 2 is 2.22 bits per heavy atom. The molecule has 3 aromatic heterocycles. The maximum atomic E-state index is 6.12. The van der Waals surface area contributed by atoms with Gasteiger partial charge in [-0.25, -0.2) is 4.98 Å². The zero-order valence-electron chi connectivity index (χ0n) is 9.45. The Bertz CT molecular complexity index is 646. The Hall–Kier alpha value is -1.65. The summed E-state index contributed by atoms with van der Waals surface area (Å²) in [6.45, 7) is 0.703. The normalized spacial score (nSPS) is 10.7. The Labute approximate surface area is 114 Å². The number of nitrogens with zero attached hydrogens (tertiary/aromatic N) is 3. The van der Waals surface area contributed by atoms with Gasteiger partial charge in [-0.05, 0) is 23.1 Å². The molecule has 0 aliphatic heterocycles. The van der Waals surface area contributed by atoms with Gasteiger partial charge in [-0.1, -0.05) is 17.7 Å². The van der Waals surface area contributed by atoms with E-state index in [9.17, 15) is 0 Å². The minimum atomic E-state index is 0.684. The molecule has 5 heteroatoms. The first-order valence-corrected chi connectivity index (χ1v) is 6.74. The fourth-order valence-electron chi connectivity index (χ4n) is 1.78. The number of rotatable bonds is 3. The summed E-state index contributed by atoms with van der Waals surface area (Å²) in [6, 6.07) is 6.02. The molecule has 3 aromatic rings. The van der Waals surface area contributed by atoms with E-state index in [0.717, 1.165) is 16.3 Å². The summed E-state index contributed by atoms with van der Waals surface area (Å²) >= 11 is 7.81. The summed E-state index contributed by atoms with van der Waals surface area (Å²) < 4.78 is 2.09. The number of thiophene rings is 1. The number of pyridine rings is 1. The molecule has 0 saturated heterocycles. The summed E-state index contributed by atoms with van der Waals surface area (Å²) in [5.74, 6) is 0.970. The van der Waals surface area contributed by atoms with E-state index in [0.29, 0.717) is 11.6 Å². The molecular weight excluding hydrogens is 266 g/mol.